The van der Waals surface area contributed by atoms with E-state index < -0.39 is 21.2 Å². The van der Waals surface area contributed by atoms with Gasteiger partial charge >= 0.3 is 0 Å². The number of sulfonamides is 1. The molecule has 3 aliphatic rings. The van der Waals surface area contributed by atoms with Crippen molar-refractivity contribution in [2.45, 2.75) is 62.6 Å². The van der Waals surface area contributed by atoms with Gasteiger partial charge in [-0.25, -0.2) is 8.42 Å². The van der Waals surface area contributed by atoms with Gasteiger partial charge in [-0.3, -0.25) is 0 Å². The van der Waals surface area contributed by atoms with Crippen LogP contribution >= 0.6 is 0 Å². The highest BCUT2D eigenvalue weighted by atomic mass is 32.2. The first-order chi connectivity index (χ1) is 14.8. The highest BCUT2D eigenvalue weighted by Gasteiger charge is 2.69. The van der Waals surface area contributed by atoms with Crippen molar-refractivity contribution in [2.75, 3.05) is 6.54 Å². The van der Waals surface area contributed by atoms with Gasteiger partial charge in [-0.2, -0.15) is 4.31 Å². The molecule has 1 aliphatic carbocycles. The van der Waals surface area contributed by atoms with E-state index in [4.69, 9.17) is 0 Å². The van der Waals surface area contributed by atoms with Crippen LogP contribution in [-0.4, -0.2) is 28.9 Å². The Labute approximate surface area is 183 Å². The molecule has 1 saturated heterocycles. The molecule has 1 aromatic heterocycles. The second kappa shape index (κ2) is 6.21. The number of aryl methyl sites for hydroxylation is 2. The van der Waals surface area contributed by atoms with E-state index in [-0.39, 0.29) is 6.04 Å². The molecule has 1 saturated carbocycles. The number of hydrogen-bond acceptors (Lipinski definition) is 3. The zero-order valence-electron chi connectivity index (χ0n) is 18.0. The SMILES string of the molecule is Cc1ccc(S(=O)(=O)N2CCC[C@@]34CCC[C@]3(O)n3c(c(C)c5ccccc53)[C@@H]24)cc1. The lowest BCUT2D eigenvalue weighted by Gasteiger charge is -2.48. The Morgan fingerprint density at radius 3 is 2.45 bits per heavy atom. The third kappa shape index (κ3) is 2.25. The van der Waals surface area contributed by atoms with Crippen LogP contribution < -0.4 is 0 Å². The van der Waals surface area contributed by atoms with Crippen molar-refractivity contribution in [3.63, 3.8) is 0 Å². The fourth-order valence-electron chi connectivity index (χ4n) is 6.86. The van der Waals surface area contributed by atoms with E-state index >= 15 is 0 Å². The molecule has 1 N–H and O–H groups in total. The van der Waals surface area contributed by atoms with E-state index in [1.54, 1.807) is 16.4 Å². The first-order valence-electron chi connectivity index (χ1n) is 11.2. The van der Waals surface area contributed by atoms with Gasteiger partial charge in [0, 0.05) is 23.0 Å². The lowest BCUT2D eigenvalue weighted by molar-refractivity contribution is -0.139. The van der Waals surface area contributed by atoms with Gasteiger partial charge in [0.25, 0.3) is 0 Å². The summed E-state index contributed by atoms with van der Waals surface area (Å²) in [5, 5.41) is 13.3. The molecular formula is C25H28N2O3S. The summed E-state index contributed by atoms with van der Waals surface area (Å²) >= 11 is 0. The second-order valence-corrected chi connectivity index (χ2v) is 11.5. The predicted octanol–water partition coefficient (Wildman–Crippen LogP) is 4.61. The Hall–Kier alpha value is -2.15. The summed E-state index contributed by atoms with van der Waals surface area (Å²) in [6.45, 7) is 4.53. The van der Waals surface area contributed by atoms with Crippen molar-refractivity contribution < 1.29 is 13.5 Å². The maximum Gasteiger partial charge on any atom is 0.243 e. The van der Waals surface area contributed by atoms with E-state index in [0.29, 0.717) is 17.9 Å². The van der Waals surface area contributed by atoms with Gasteiger partial charge in [0.15, 0.2) is 0 Å². The molecule has 3 heterocycles. The Morgan fingerprint density at radius 2 is 1.68 bits per heavy atom. The number of hydrogen-bond donors (Lipinski definition) is 1. The van der Waals surface area contributed by atoms with Crippen molar-refractivity contribution in [3.8, 4) is 0 Å². The standard InChI is InChI=1S/C25H28N2O3S/c1-17-9-11-19(12-10-17)31(29,30)26-16-6-14-24-13-5-15-25(24,28)27-21-8-4-3-7-20(21)18(2)22(27)23(24)26/h3-4,7-12,23,28H,5-6,13-16H2,1-2H3/t23-,24-,25-/m1/s1. The average molecular weight is 437 g/mol. The van der Waals surface area contributed by atoms with Crippen LogP contribution in [0.1, 0.15) is 55.0 Å². The number of benzene rings is 2. The molecule has 0 amide bonds. The van der Waals surface area contributed by atoms with Gasteiger partial charge in [0.2, 0.25) is 10.0 Å². The summed E-state index contributed by atoms with van der Waals surface area (Å²) in [4.78, 5) is 0.337. The fraction of sp³-hybridized carbons (Fsp3) is 0.440. The molecule has 3 aromatic rings. The minimum absolute atomic E-state index is 0.337. The Balaban J connectivity index is 1.62. The average Bonchev–Trinajstić information content (AvgIpc) is 3.31. The van der Waals surface area contributed by atoms with Crippen LogP contribution in [0, 0.1) is 19.3 Å². The molecule has 31 heavy (non-hydrogen) atoms. The highest BCUT2D eigenvalue weighted by molar-refractivity contribution is 7.89. The van der Waals surface area contributed by atoms with Crippen molar-refractivity contribution in [1.29, 1.82) is 0 Å². The number of rotatable bonds is 2. The minimum Gasteiger partial charge on any atom is -0.370 e. The third-order valence-electron chi connectivity index (χ3n) is 8.19. The normalized spacial score (nSPS) is 30.4. The maximum atomic E-state index is 13.9. The smallest absolute Gasteiger partial charge is 0.243 e. The Bertz CT molecular complexity index is 1310. The number of aromatic nitrogens is 1. The maximum absolute atomic E-state index is 13.9. The fourth-order valence-corrected chi connectivity index (χ4v) is 8.56. The summed E-state index contributed by atoms with van der Waals surface area (Å²) in [5.74, 6) is 0. The zero-order valence-corrected chi connectivity index (χ0v) is 18.8. The molecule has 6 heteroatoms. The number of nitrogens with zero attached hydrogens (tertiary/aromatic N) is 2. The molecule has 6 rings (SSSR count). The molecule has 1 spiro atoms. The number of aliphatic hydroxyl groups is 1. The number of para-hydroxylation sites is 1. The zero-order chi connectivity index (χ0) is 21.6. The van der Waals surface area contributed by atoms with E-state index in [1.165, 1.54) is 0 Å². The summed E-state index contributed by atoms with van der Waals surface area (Å²) in [5.41, 5.74) is 2.62. The van der Waals surface area contributed by atoms with Crippen molar-refractivity contribution in [2.24, 2.45) is 5.41 Å². The van der Waals surface area contributed by atoms with Crippen molar-refractivity contribution in [1.82, 2.24) is 8.87 Å². The summed E-state index contributed by atoms with van der Waals surface area (Å²) in [7, 11) is -3.69. The Morgan fingerprint density at radius 1 is 0.968 bits per heavy atom. The lowest BCUT2D eigenvalue weighted by atomic mass is 9.69. The third-order valence-corrected chi connectivity index (χ3v) is 10.1. The molecule has 162 valence electrons. The first kappa shape index (κ1) is 19.5. The van der Waals surface area contributed by atoms with Crippen LogP contribution in [-0.2, 0) is 15.7 Å². The second-order valence-electron chi connectivity index (χ2n) is 9.62. The van der Waals surface area contributed by atoms with Crippen LogP contribution in [0.25, 0.3) is 10.9 Å². The topological polar surface area (TPSA) is 62.5 Å². The predicted molar refractivity (Wildman–Crippen MR) is 120 cm³/mol. The Kier molecular flexibility index (Phi) is 3.91. The molecule has 2 aromatic carbocycles. The van der Waals surface area contributed by atoms with E-state index in [1.807, 2.05) is 31.2 Å². The minimum atomic E-state index is -3.69. The summed E-state index contributed by atoms with van der Waals surface area (Å²) in [6.07, 6.45) is 4.06. The molecular weight excluding hydrogens is 408 g/mol. The molecule has 5 nitrogen and oxygen atoms in total. The first-order valence-corrected chi connectivity index (χ1v) is 12.7. The molecule has 2 aliphatic heterocycles. The van der Waals surface area contributed by atoms with Gasteiger partial charge in [-0.15, -0.1) is 0 Å². The van der Waals surface area contributed by atoms with Gasteiger partial charge in [-0.05, 0) is 69.7 Å². The van der Waals surface area contributed by atoms with Gasteiger partial charge in [0.1, 0.15) is 5.72 Å². The number of fused-ring (bicyclic) bond motifs is 5. The lowest BCUT2D eigenvalue weighted by Crippen LogP contribution is -2.52. The van der Waals surface area contributed by atoms with Gasteiger partial charge in [-0.1, -0.05) is 35.9 Å². The van der Waals surface area contributed by atoms with Crippen molar-refractivity contribution >= 4 is 20.9 Å². The summed E-state index contributed by atoms with van der Waals surface area (Å²) < 4.78 is 31.6. The van der Waals surface area contributed by atoms with Gasteiger partial charge < -0.3 is 9.67 Å². The van der Waals surface area contributed by atoms with E-state index in [0.717, 1.165) is 53.4 Å². The summed E-state index contributed by atoms with van der Waals surface area (Å²) in [6, 6.07) is 15.0. The molecule has 0 radical (unpaired) electrons. The van der Waals surface area contributed by atoms with Gasteiger partial charge in [0.05, 0.1) is 16.5 Å². The van der Waals surface area contributed by atoms with Crippen LogP contribution in [0.4, 0.5) is 0 Å². The quantitative estimate of drug-likeness (QED) is 0.638. The van der Waals surface area contributed by atoms with Crippen LogP contribution in [0.2, 0.25) is 0 Å². The highest BCUT2D eigenvalue weighted by Crippen LogP contribution is 2.69. The van der Waals surface area contributed by atoms with Crippen LogP contribution in [0.3, 0.4) is 0 Å². The van der Waals surface area contributed by atoms with E-state index in [9.17, 15) is 13.5 Å². The van der Waals surface area contributed by atoms with Crippen molar-refractivity contribution in [3.05, 3.63) is 65.4 Å². The largest absolute Gasteiger partial charge is 0.370 e. The molecule has 3 atom stereocenters. The monoisotopic (exact) mass is 436 g/mol. The van der Waals surface area contributed by atoms with E-state index in [2.05, 4.69) is 23.6 Å². The number of piperidine rings is 1. The molecule has 0 unspecified atom stereocenters. The van der Waals surface area contributed by atoms with Crippen LogP contribution in [0.15, 0.2) is 53.4 Å². The van der Waals surface area contributed by atoms with Crippen LogP contribution in [0.5, 0.6) is 0 Å². The molecule has 0 bridgehead atoms. The molecule has 2 fully saturated rings.